The molecule has 1 fully saturated rings. The van der Waals surface area contributed by atoms with Crippen molar-refractivity contribution >= 4 is 17.4 Å². The number of hydrogen-bond acceptors (Lipinski definition) is 5. The van der Waals surface area contributed by atoms with Crippen LogP contribution in [0.4, 0.5) is 19.1 Å². The van der Waals surface area contributed by atoms with Gasteiger partial charge in [-0.2, -0.15) is 18.2 Å². The van der Waals surface area contributed by atoms with Crippen molar-refractivity contribution in [1.82, 2.24) is 14.8 Å². The van der Waals surface area contributed by atoms with E-state index in [1.165, 1.54) is 0 Å². The summed E-state index contributed by atoms with van der Waals surface area (Å²) in [4.78, 5) is 21.3. The Kier molecular flexibility index (Phi) is 4.79. The SMILES string of the molecule is CC(C)c1ccc(C2C3C(=O)CC(c4ccco4)CC3=Nc3nc(C(F)(F)F)nn32)cc1. The van der Waals surface area contributed by atoms with Gasteiger partial charge in [0.2, 0.25) is 5.95 Å². The number of alkyl halides is 3. The third kappa shape index (κ3) is 3.45. The highest BCUT2D eigenvalue weighted by atomic mass is 19.4. The molecule has 32 heavy (non-hydrogen) atoms. The van der Waals surface area contributed by atoms with Crippen molar-refractivity contribution in [3.63, 3.8) is 0 Å². The molecule has 0 amide bonds. The van der Waals surface area contributed by atoms with Gasteiger partial charge in [0.15, 0.2) is 0 Å². The smallest absolute Gasteiger partial charge is 0.453 e. The number of ketones is 1. The second-order valence-corrected chi connectivity index (χ2v) is 8.61. The molecule has 2 aromatic heterocycles. The average molecular weight is 442 g/mol. The van der Waals surface area contributed by atoms with E-state index in [1.54, 1.807) is 18.4 Å². The number of aromatic nitrogens is 3. The Morgan fingerprint density at radius 3 is 2.50 bits per heavy atom. The molecule has 3 unspecified atom stereocenters. The Morgan fingerprint density at radius 1 is 1.12 bits per heavy atom. The first-order valence-electron chi connectivity index (χ1n) is 10.5. The van der Waals surface area contributed by atoms with Crippen LogP contribution in [0, 0.1) is 5.92 Å². The standard InChI is InChI=1S/C23H21F3N4O2/c1-12(2)13-5-7-14(8-6-13)20-19-16(10-15(11-17(19)31)18-4-3-9-32-18)27-22-28-21(23(24,25)26)29-30(20)22/h3-9,12,15,19-20H,10-11H2,1-2H3. The number of rotatable bonds is 3. The summed E-state index contributed by atoms with van der Waals surface area (Å²) in [6, 6.07) is 10.4. The zero-order valence-corrected chi connectivity index (χ0v) is 17.5. The van der Waals surface area contributed by atoms with E-state index in [-0.39, 0.29) is 24.1 Å². The number of Topliss-reactive ketones (excluding diaryl/α,β-unsaturated/α-hetero) is 1. The molecular formula is C23H21F3N4O2. The Bertz CT molecular complexity index is 1180. The van der Waals surface area contributed by atoms with E-state index in [0.29, 0.717) is 29.4 Å². The van der Waals surface area contributed by atoms with Crippen molar-refractivity contribution in [2.75, 3.05) is 0 Å². The van der Waals surface area contributed by atoms with Crippen molar-refractivity contribution < 1.29 is 22.4 Å². The topological polar surface area (TPSA) is 73.3 Å². The predicted molar refractivity (Wildman–Crippen MR) is 110 cm³/mol. The van der Waals surface area contributed by atoms with Gasteiger partial charge in [-0.15, -0.1) is 5.10 Å². The van der Waals surface area contributed by atoms with Crippen molar-refractivity contribution in [2.45, 2.75) is 50.7 Å². The molecule has 2 aliphatic rings. The van der Waals surface area contributed by atoms with E-state index < -0.39 is 24.0 Å². The fourth-order valence-corrected chi connectivity index (χ4v) is 4.58. The summed E-state index contributed by atoms with van der Waals surface area (Å²) >= 11 is 0. The van der Waals surface area contributed by atoms with Gasteiger partial charge in [0.05, 0.1) is 18.2 Å². The van der Waals surface area contributed by atoms with Gasteiger partial charge in [-0.1, -0.05) is 38.1 Å². The van der Waals surface area contributed by atoms with Crippen molar-refractivity contribution in [1.29, 1.82) is 0 Å². The van der Waals surface area contributed by atoms with Crippen molar-refractivity contribution in [3.8, 4) is 0 Å². The quantitative estimate of drug-likeness (QED) is 0.541. The Labute approximate surface area is 182 Å². The Hall–Kier alpha value is -3.23. The van der Waals surface area contributed by atoms with E-state index in [4.69, 9.17) is 4.42 Å². The molecule has 1 aliphatic carbocycles. The molecular weight excluding hydrogens is 421 g/mol. The molecule has 6 nitrogen and oxygen atoms in total. The van der Waals surface area contributed by atoms with Gasteiger partial charge in [0.25, 0.3) is 5.82 Å². The number of carbonyl (C=O) groups is 1. The number of furan rings is 1. The molecule has 0 spiro atoms. The van der Waals surface area contributed by atoms with Crippen LogP contribution in [0.25, 0.3) is 0 Å². The molecule has 1 aliphatic heterocycles. The number of nitrogens with zero attached hydrogens (tertiary/aromatic N) is 4. The minimum absolute atomic E-state index is 0.0935. The number of halogens is 3. The molecule has 9 heteroatoms. The van der Waals surface area contributed by atoms with Crippen molar-refractivity contribution in [3.05, 3.63) is 65.4 Å². The second-order valence-electron chi connectivity index (χ2n) is 8.61. The average Bonchev–Trinajstić information content (AvgIpc) is 3.42. The highest BCUT2D eigenvalue weighted by Gasteiger charge is 2.47. The lowest BCUT2D eigenvalue weighted by atomic mass is 9.73. The first-order chi connectivity index (χ1) is 15.2. The van der Waals surface area contributed by atoms with E-state index >= 15 is 0 Å². The highest BCUT2D eigenvalue weighted by Crippen LogP contribution is 2.44. The summed E-state index contributed by atoms with van der Waals surface area (Å²) in [7, 11) is 0. The zero-order valence-electron chi connectivity index (χ0n) is 17.5. The van der Waals surface area contributed by atoms with Crippen LogP contribution in [0.5, 0.6) is 0 Å². The van der Waals surface area contributed by atoms with Gasteiger partial charge >= 0.3 is 6.18 Å². The Balaban J connectivity index is 1.62. The van der Waals surface area contributed by atoms with Gasteiger partial charge in [0.1, 0.15) is 11.5 Å². The van der Waals surface area contributed by atoms with E-state index in [1.807, 2.05) is 24.3 Å². The highest BCUT2D eigenvalue weighted by molar-refractivity contribution is 6.10. The molecule has 3 atom stereocenters. The Morgan fingerprint density at radius 2 is 1.88 bits per heavy atom. The van der Waals surface area contributed by atoms with Gasteiger partial charge in [0, 0.05) is 18.1 Å². The molecule has 0 saturated heterocycles. The van der Waals surface area contributed by atoms with Crippen LogP contribution < -0.4 is 0 Å². The summed E-state index contributed by atoms with van der Waals surface area (Å²) < 4.78 is 46.8. The van der Waals surface area contributed by atoms with Crippen LogP contribution in [0.15, 0.2) is 52.1 Å². The molecule has 3 aromatic rings. The summed E-state index contributed by atoms with van der Waals surface area (Å²) in [5.41, 5.74) is 2.33. The van der Waals surface area contributed by atoms with Gasteiger partial charge in [-0.05, 0) is 35.6 Å². The summed E-state index contributed by atoms with van der Waals surface area (Å²) in [5.74, 6) is -1.40. The normalized spacial score (nSPS) is 23.1. The van der Waals surface area contributed by atoms with Crippen LogP contribution in [0.2, 0.25) is 0 Å². The molecule has 5 rings (SSSR count). The lowest BCUT2D eigenvalue weighted by molar-refractivity contribution is -0.145. The first kappa shape index (κ1) is 20.7. The minimum Gasteiger partial charge on any atom is -0.469 e. The molecule has 3 heterocycles. The van der Waals surface area contributed by atoms with E-state index in [2.05, 4.69) is 28.9 Å². The fourth-order valence-electron chi connectivity index (χ4n) is 4.58. The van der Waals surface area contributed by atoms with Crippen LogP contribution >= 0.6 is 0 Å². The van der Waals surface area contributed by atoms with Crippen LogP contribution in [0.3, 0.4) is 0 Å². The fraction of sp³-hybridized carbons (Fsp3) is 0.391. The maximum Gasteiger partial charge on any atom is 0.453 e. The molecule has 1 saturated carbocycles. The lowest BCUT2D eigenvalue weighted by Gasteiger charge is -2.36. The second kappa shape index (κ2) is 7.43. The monoisotopic (exact) mass is 442 g/mol. The van der Waals surface area contributed by atoms with E-state index in [0.717, 1.165) is 10.2 Å². The van der Waals surface area contributed by atoms with Crippen molar-refractivity contribution in [2.24, 2.45) is 10.9 Å². The largest absolute Gasteiger partial charge is 0.469 e. The summed E-state index contributed by atoms with van der Waals surface area (Å²) in [6.07, 6.45) is -2.52. The first-order valence-corrected chi connectivity index (χ1v) is 10.5. The molecule has 0 radical (unpaired) electrons. The van der Waals surface area contributed by atoms with E-state index in [9.17, 15) is 18.0 Å². The zero-order chi connectivity index (χ0) is 22.6. The molecule has 166 valence electrons. The lowest BCUT2D eigenvalue weighted by Crippen LogP contribution is -2.41. The third-order valence-corrected chi connectivity index (χ3v) is 6.19. The number of carbonyl (C=O) groups excluding carboxylic acids is 1. The number of benzene rings is 1. The third-order valence-electron chi connectivity index (χ3n) is 6.19. The summed E-state index contributed by atoms with van der Waals surface area (Å²) in [6.45, 7) is 4.12. The van der Waals surface area contributed by atoms with Gasteiger partial charge in [-0.3, -0.25) is 4.79 Å². The minimum atomic E-state index is -4.71. The number of aliphatic imine (C=N–C) groups is 1. The summed E-state index contributed by atoms with van der Waals surface area (Å²) in [5, 5.41) is 3.73. The number of hydrogen-bond donors (Lipinski definition) is 0. The van der Waals surface area contributed by atoms with Gasteiger partial charge in [-0.25, -0.2) is 9.67 Å². The molecule has 1 aromatic carbocycles. The van der Waals surface area contributed by atoms with Crippen LogP contribution in [-0.2, 0) is 11.0 Å². The maximum absolute atomic E-state index is 13.4. The van der Waals surface area contributed by atoms with Gasteiger partial charge < -0.3 is 4.42 Å². The molecule has 0 N–H and O–H groups in total. The number of fused-ring (bicyclic) bond motifs is 2. The van der Waals surface area contributed by atoms with Crippen LogP contribution in [-0.4, -0.2) is 26.3 Å². The predicted octanol–water partition coefficient (Wildman–Crippen LogP) is 5.45. The molecule has 0 bridgehead atoms. The van der Waals surface area contributed by atoms with Crippen LogP contribution in [0.1, 0.15) is 67.3 Å². The maximum atomic E-state index is 13.4.